The Morgan fingerprint density at radius 3 is 2.25 bits per heavy atom. The third kappa shape index (κ3) is 7.07. The number of hydrogen-bond donors (Lipinski definition) is 0. The molecule has 0 N–H and O–H groups in total. The van der Waals surface area contributed by atoms with E-state index in [9.17, 15) is 4.79 Å². The molecule has 0 amide bonds. The van der Waals surface area contributed by atoms with Crippen LogP contribution in [0.15, 0.2) is 18.2 Å². The van der Waals surface area contributed by atoms with E-state index in [1.165, 1.54) is 38.5 Å². The molecule has 0 aliphatic rings. The van der Waals surface area contributed by atoms with Crippen molar-refractivity contribution in [2.24, 2.45) is 0 Å². The number of ketones is 1. The van der Waals surface area contributed by atoms with Gasteiger partial charge in [-0.1, -0.05) is 69.5 Å². The first-order valence-corrected chi connectivity index (χ1v) is 9.09. The molecule has 0 saturated heterocycles. The topological polar surface area (TPSA) is 17.1 Å². The number of carbonyl (C=O) groups is 1. The van der Waals surface area contributed by atoms with E-state index in [2.05, 4.69) is 29.5 Å². The monoisotopic (exact) mass is 406 g/mol. The van der Waals surface area contributed by atoms with E-state index in [0.717, 1.165) is 22.0 Å². The van der Waals surface area contributed by atoms with Gasteiger partial charge in [0, 0.05) is 15.6 Å². The van der Waals surface area contributed by atoms with Crippen molar-refractivity contribution in [3.63, 3.8) is 0 Å². The zero-order valence-corrected chi connectivity index (χ0v) is 15.2. The molecule has 0 unspecified atom stereocenters. The van der Waals surface area contributed by atoms with Gasteiger partial charge in [-0.25, -0.2) is 0 Å². The fourth-order valence-electron chi connectivity index (χ4n) is 2.23. The zero-order valence-electron chi connectivity index (χ0n) is 12.3. The first-order chi connectivity index (χ1) is 9.65. The molecule has 1 nitrogen and oxygen atoms in total. The van der Waals surface area contributed by atoms with Gasteiger partial charge in [-0.05, 0) is 41.1 Å². The second-order valence-corrected chi connectivity index (χ2v) is 6.85. The molecule has 20 heavy (non-hydrogen) atoms. The molecular weight excluding hydrogens is 383 g/mol. The number of carbonyl (C=O) groups excluding carboxylic acids is 1. The molecule has 0 bridgehead atoms. The zero-order chi connectivity index (χ0) is 14.8. The van der Waals surface area contributed by atoms with E-state index in [4.69, 9.17) is 11.6 Å². The van der Waals surface area contributed by atoms with E-state index >= 15 is 0 Å². The smallest absolute Gasteiger partial charge is 0.162 e. The van der Waals surface area contributed by atoms with Crippen LogP contribution in [0.3, 0.4) is 0 Å². The molecule has 0 aliphatic carbocycles. The van der Waals surface area contributed by atoms with Crippen LogP contribution in [0.25, 0.3) is 0 Å². The Morgan fingerprint density at radius 2 is 1.65 bits per heavy atom. The molecule has 0 atom stereocenters. The second kappa shape index (κ2) is 10.6. The minimum absolute atomic E-state index is 0.217. The summed E-state index contributed by atoms with van der Waals surface area (Å²) in [6.07, 6.45) is 10.7. The minimum Gasteiger partial charge on any atom is -0.294 e. The summed E-state index contributed by atoms with van der Waals surface area (Å²) in [5.41, 5.74) is 0.748. The number of Topliss-reactive ketones (excluding diaryl/α,β-unsaturated/α-hetero) is 1. The van der Waals surface area contributed by atoms with E-state index < -0.39 is 0 Å². The summed E-state index contributed by atoms with van der Waals surface area (Å²) in [5, 5.41) is 0.673. The summed E-state index contributed by atoms with van der Waals surface area (Å²) in [6, 6.07) is 5.57. The molecule has 0 saturated carbocycles. The third-order valence-electron chi connectivity index (χ3n) is 3.50. The van der Waals surface area contributed by atoms with Crippen LogP contribution in [0, 0.1) is 3.57 Å². The minimum atomic E-state index is 0.217. The Hall–Kier alpha value is -0.0900. The fourth-order valence-corrected chi connectivity index (χ4v) is 2.75. The summed E-state index contributed by atoms with van der Waals surface area (Å²) >= 11 is 8.22. The Balaban J connectivity index is 2.15. The first-order valence-electron chi connectivity index (χ1n) is 7.63. The second-order valence-electron chi connectivity index (χ2n) is 5.28. The predicted octanol–water partition coefficient (Wildman–Crippen LogP) is 6.66. The molecule has 0 heterocycles. The standard InChI is InChI=1S/C17H24ClIO/c1-2-3-4-5-6-7-8-9-10-17(20)14-11-12-16(19)15(18)13-14/h11-13H,2-10H2,1H3. The summed E-state index contributed by atoms with van der Waals surface area (Å²) in [6.45, 7) is 2.24. The Kier molecular flexibility index (Phi) is 9.53. The van der Waals surface area contributed by atoms with Gasteiger partial charge in [0.2, 0.25) is 0 Å². The van der Waals surface area contributed by atoms with E-state index in [1.54, 1.807) is 6.07 Å². The van der Waals surface area contributed by atoms with Gasteiger partial charge >= 0.3 is 0 Å². The summed E-state index contributed by atoms with van der Waals surface area (Å²) in [4.78, 5) is 12.0. The molecule has 0 fully saturated rings. The summed E-state index contributed by atoms with van der Waals surface area (Å²) < 4.78 is 0.993. The number of benzene rings is 1. The maximum Gasteiger partial charge on any atom is 0.162 e. The van der Waals surface area contributed by atoms with Gasteiger partial charge in [0.15, 0.2) is 5.78 Å². The molecule has 1 rings (SSSR count). The average molecular weight is 407 g/mol. The van der Waals surface area contributed by atoms with Crippen LogP contribution < -0.4 is 0 Å². The highest BCUT2D eigenvalue weighted by molar-refractivity contribution is 14.1. The SMILES string of the molecule is CCCCCCCCCCC(=O)c1ccc(I)c(Cl)c1. The van der Waals surface area contributed by atoms with Crippen LogP contribution in [-0.4, -0.2) is 5.78 Å². The van der Waals surface area contributed by atoms with Crippen LogP contribution in [0.1, 0.15) is 75.1 Å². The number of halogens is 2. The maximum atomic E-state index is 12.0. The highest BCUT2D eigenvalue weighted by atomic mass is 127. The number of rotatable bonds is 10. The van der Waals surface area contributed by atoms with Gasteiger partial charge in [0.1, 0.15) is 0 Å². The molecular formula is C17H24ClIO. The maximum absolute atomic E-state index is 12.0. The number of hydrogen-bond acceptors (Lipinski definition) is 1. The number of unbranched alkanes of at least 4 members (excludes halogenated alkanes) is 7. The van der Waals surface area contributed by atoms with Crippen LogP contribution in [-0.2, 0) is 0 Å². The van der Waals surface area contributed by atoms with Gasteiger partial charge < -0.3 is 0 Å². The third-order valence-corrected chi connectivity index (χ3v) is 5.07. The summed E-state index contributed by atoms with van der Waals surface area (Å²) in [5.74, 6) is 0.217. The van der Waals surface area contributed by atoms with E-state index in [1.807, 2.05) is 12.1 Å². The van der Waals surface area contributed by atoms with Crippen molar-refractivity contribution in [1.82, 2.24) is 0 Å². The molecule has 112 valence electrons. The average Bonchev–Trinajstić information content (AvgIpc) is 2.44. The van der Waals surface area contributed by atoms with Gasteiger partial charge in [-0.3, -0.25) is 4.79 Å². The van der Waals surface area contributed by atoms with Crippen molar-refractivity contribution < 1.29 is 4.79 Å². The Labute approximate surface area is 141 Å². The molecule has 0 radical (unpaired) electrons. The molecule has 1 aromatic rings. The van der Waals surface area contributed by atoms with E-state index in [0.29, 0.717) is 11.4 Å². The van der Waals surface area contributed by atoms with Crippen LogP contribution in [0.5, 0.6) is 0 Å². The first kappa shape index (κ1) is 18.0. The molecule has 1 aromatic carbocycles. The van der Waals surface area contributed by atoms with Crippen molar-refractivity contribution in [2.75, 3.05) is 0 Å². The Bertz CT molecular complexity index is 417. The fraction of sp³-hybridized carbons (Fsp3) is 0.588. The van der Waals surface area contributed by atoms with Crippen LogP contribution >= 0.6 is 34.2 Å². The van der Waals surface area contributed by atoms with Crippen molar-refractivity contribution in [1.29, 1.82) is 0 Å². The lowest BCUT2D eigenvalue weighted by Crippen LogP contribution is -1.99. The van der Waals surface area contributed by atoms with Gasteiger partial charge in [-0.2, -0.15) is 0 Å². The molecule has 0 aromatic heterocycles. The quantitative estimate of drug-likeness (QED) is 0.241. The normalized spacial score (nSPS) is 10.8. The lowest BCUT2D eigenvalue weighted by molar-refractivity contribution is 0.0979. The van der Waals surface area contributed by atoms with Crippen LogP contribution in [0.2, 0.25) is 5.02 Å². The Morgan fingerprint density at radius 1 is 1.05 bits per heavy atom. The predicted molar refractivity (Wildman–Crippen MR) is 95.7 cm³/mol. The van der Waals surface area contributed by atoms with Crippen molar-refractivity contribution in [3.8, 4) is 0 Å². The van der Waals surface area contributed by atoms with Gasteiger partial charge in [-0.15, -0.1) is 0 Å². The molecule has 3 heteroatoms. The molecule has 0 spiro atoms. The van der Waals surface area contributed by atoms with Crippen LogP contribution in [0.4, 0.5) is 0 Å². The highest BCUT2D eigenvalue weighted by Crippen LogP contribution is 2.21. The molecule has 0 aliphatic heterocycles. The lowest BCUT2D eigenvalue weighted by Gasteiger charge is -2.04. The summed E-state index contributed by atoms with van der Waals surface area (Å²) in [7, 11) is 0. The van der Waals surface area contributed by atoms with Crippen molar-refractivity contribution >= 4 is 40.0 Å². The lowest BCUT2D eigenvalue weighted by atomic mass is 10.0. The largest absolute Gasteiger partial charge is 0.294 e. The highest BCUT2D eigenvalue weighted by Gasteiger charge is 2.07. The van der Waals surface area contributed by atoms with Gasteiger partial charge in [0.05, 0.1) is 5.02 Å². The van der Waals surface area contributed by atoms with Crippen molar-refractivity contribution in [2.45, 2.75) is 64.7 Å². The van der Waals surface area contributed by atoms with Gasteiger partial charge in [0.25, 0.3) is 0 Å². The van der Waals surface area contributed by atoms with Crippen molar-refractivity contribution in [3.05, 3.63) is 32.4 Å². The van der Waals surface area contributed by atoms with E-state index in [-0.39, 0.29) is 5.78 Å².